The molecular formula is C7H11NO2. The zero-order valence-corrected chi connectivity index (χ0v) is 6.09. The summed E-state index contributed by atoms with van der Waals surface area (Å²) in [5.74, 6) is -0.0694. The molecule has 0 radical (unpaired) electrons. The van der Waals surface area contributed by atoms with Crippen LogP contribution in [0.1, 0.15) is 32.6 Å². The van der Waals surface area contributed by atoms with Gasteiger partial charge in [-0.05, 0) is 19.8 Å². The van der Waals surface area contributed by atoms with Gasteiger partial charge >= 0.3 is 0 Å². The summed E-state index contributed by atoms with van der Waals surface area (Å²) in [6.07, 6.45) is 3.24. The molecule has 0 aromatic heterocycles. The summed E-state index contributed by atoms with van der Waals surface area (Å²) >= 11 is 0. The van der Waals surface area contributed by atoms with Crippen molar-refractivity contribution in [3.63, 3.8) is 0 Å². The quantitative estimate of drug-likeness (QED) is 0.549. The summed E-state index contributed by atoms with van der Waals surface area (Å²) in [6, 6.07) is 0. The molecule has 1 rings (SSSR count). The van der Waals surface area contributed by atoms with Crippen LogP contribution < -0.4 is 0 Å². The van der Waals surface area contributed by atoms with Gasteiger partial charge in [0.1, 0.15) is 0 Å². The van der Waals surface area contributed by atoms with Crippen LogP contribution in [0.5, 0.6) is 0 Å². The molecule has 1 saturated carbocycles. The van der Waals surface area contributed by atoms with Crippen LogP contribution in [0.15, 0.2) is 5.18 Å². The number of rotatable bonds is 2. The molecule has 10 heavy (non-hydrogen) atoms. The number of carbonyl (C=O) groups excluding carboxylic acids is 1. The lowest BCUT2D eigenvalue weighted by Gasteiger charge is -2.14. The first-order valence-electron chi connectivity index (χ1n) is 3.57. The minimum atomic E-state index is -0.833. The van der Waals surface area contributed by atoms with Crippen LogP contribution in [0, 0.1) is 4.91 Å². The van der Waals surface area contributed by atoms with Gasteiger partial charge in [0.25, 0.3) is 0 Å². The summed E-state index contributed by atoms with van der Waals surface area (Å²) < 4.78 is 0. The Morgan fingerprint density at radius 2 is 1.90 bits per heavy atom. The van der Waals surface area contributed by atoms with Crippen molar-refractivity contribution in [2.45, 2.75) is 38.1 Å². The van der Waals surface area contributed by atoms with Crippen molar-refractivity contribution in [3.05, 3.63) is 4.91 Å². The average Bonchev–Trinajstić information content (AvgIpc) is 2.35. The molecule has 0 amide bonds. The maximum absolute atomic E-state index is 10.9. The Labute approximate surface area is 59.8 Å². The zero-order chi connectivity index (χ0) is 7.61. The van der Waals surface area contributed by atoms with Gasteiger partial charge in [-0.1, -0.05) is 18.0 Å². The second-order valence-electron chi connectivity index (χ2n) is 2.89. The Bertz CT molecular complexity index is 159. The first kappa shape index (κ1) is 7.38. The summed E-state index contributed by atoms with van der Waals surface area (Å²) in [7, 11) is 0. The molecule has 0 aromatic rings. The third-order valence-corrected chi connectivity index (χ3v) is 2.26. The smallest absolute Gasteiger partial charge is 0.160 e. The van der Waals surface area contributed by atoms with Crippen LogP contribution in [-0.4, -0.2) is 11.3 Å². The SMILES string of the molecule is CC(=O)C1(N=O)CCCC1. The number of hydrogen-bond acceptors (Lipinski definition) is 3. The second kappa shape index (κ2) is 2.48. The molecule has 56 valence electrons. The van der Waals surface area contributed by atoms with E-state index in [1.54, 1.807) is 0 Å². The molecule has 0 aliphatic heterocycles. The van der Waals surface area contributed by atoms with Crippen LogP contribution >= 0.6 is 0 Å². The third-order valence-electron chi connectivity index (χ3n) is 2.26. The predicted molar refractivity (Wildman–Crippen MR) is 37.7 cm³/mol. The Morgan fingerprint density at radius 1 is 1.40 bits per heavy atom. The number of nitroso groups, excluding NO2 is 1. The summed E-state index contributed by atoms with van der Waals surface area (Å²) in [5, 5.41) is 2.92. The molecule has 1 fully saturated rings. The zero-order valence-electron chi connectivity index (χ0n) is 6.09. The van der Waals surface area contributed by atoms with Crippen LogP contribution in [0.3, 0.4) is 0 Å². The minimum absolute atomic E-state index is 0.0694. The lowest BCUT2D eigenvalue weighted by Crippen LogP contribution is -2.30. The van der Waals surface area contributed by atoms with E-state index in [9.17, 15) is 9.70 Å². The average molecular weight is 141 g/mol. The van der Waals surface area contributed by atoms with Crippen molar-refractivity contribution in [2.75, 3.05) is 0 Å². The molecule has 3 nitrogen and oxygen atoms in total. The molecule has 0 spiro atoms. The minimum Gasteiger partial charge on any atom is -0.297 e. The molecular weight excluding hydrogens is 130 g/mol. The highest BCUT2D eigenvalue weighted by molar-refractivity contribution is 5.86. The van der Waals surface area contributed by atoms with Gasteiger partial charge < -0.3 is 0 Å². The van der Waals surface area contributed by atoms with Crippen LogP contribution in [-0.2, 0) is 4.79 Å². The fraction of sp³-hybridized carbons (Fsp3) is 0.857. The van der Waals surface area contributed by atoms with Gasteiger partial charge in [-0.3, -0.25) is 4.79 Å². The van der Waals surface area contributed by atoms with E-state index in [1.165, 1.54) is 6.92 Å². The predicted octanol–water partition coefficient (Wildman–Crippen LogP) is 1.65. The highest BCUT2D eigenvalue weighted by Gasteiger charge is 2.39. The van der Waals surface area contributed by atoms with Crippen LogP contribution in [0.4, 0.5) is 0 Å². The monoisotopic (exact) mass is 141 g/mol. The van der Waals surface area contributed by atoms with E-state index in [1.807, 2.05) is 0 Å². The third kappa shape index (κ3) is 0.958. The molecule has 1 aliphatic rings. The van der Waals surface area contributed by atoms with Gasteiger partial charge in [0.05, 0.1) is 0 Å². The highest BCUT2D eigenvalue weighted by atomic mass is 16.3. The maximum atomic E-state index is 10.9. The van der Waals surface area contributed by atoms with E-state index in [0.29, 0.717) is 12.8 Å². The van der Waals surface area contributed by atoms with Crippen molar-refractivity contribution < 1.29 is 4.79 Å². The Hall–Kier alpha value is -0.730. The van der Waals surface area contributed by atoms with E-state index in [-0.39, 0.29) is 5.78 Å². The lowest BCUT2D eigenvalue weighted by atomic mass is 9.95. The van der Waals surface area contributed by atoms with Gasteiger partial charge in [0.2, 0.25) is 0 Å². The van der Waals surface area contributed by atoms with Gasteiger partial charge in [-0.25, -0.2) is 0 Å². The van der Waals surface area contributed by atoms with E-state index >= 15 is 0 Å². The fourth-order valence-corrected chi connectivity index (χ4v) is 1.47. The molecule has 0 aromatic carbocycles. The van der Waals surface area contributed by atoms with Crippen molar-refractivity contribution in [3.8, 4) is 0 Å². The molecule has 1 aliphatic carbocycles. The number of ketones is 1. The largest absolute Gasteiger partial charge is 0.297 e. The number of carbonyl (C=O) groups is 1. The lowest BCUT2D eigenvalue weighted by molar-refractivity contribution is -0.121. The summed E-state index contributed by atoms with van der Waals surface area (Å²) in [6.45, 7) is 1.45. The van der Waals surface area contributed by atoms with Crippen molar-refractivity contribution in [1.29, 1.82) is 0 Å². The van der Waals surface area contributed by atoms with E-state index in [2.05, 4.69) is 5.18 Å². The topological polar surface area (TPSA) is 46.5 Å². The standard InChI is InChI=1S/C7H11NO2/c1-6(9)7(8-10)4-2-3-5-7/h2-5H2,1H3. The molecule has 3 heteroatoms. The summed E-state index contributed by atoms with van der Waals surface area (Å²) in [5.41, 5.74) is -0.833. The van der Waals surface area contributed by atoms with E-state index in [4.69, 9.17) is 0 Å². The van der Waals surface area contributed by atoms with Crippen LogP contribution in [0.2, 0.25) is 0 Å². The van der Waals surface area contributed by atoms with Crippen molar-refractivity contribution >= 4 is 5.78 Å². The maximum Gasteiger partial charge on any atom is 0.160 e. The van der Waals surface area contributed by atoms with E-state index < -0.39 is 5.54 Å². The molecule has 0 saturated heterocycles. The molecule has 0 heterocycles. The summed E-state index contributed by atoms with van der Waals surface area (Å²) in [4.78, 5) is 21.2. The second-order valence-corrected chi connectivity index (χ2v) is 2.89. The van der Waals surface area contributed by atoms with Gasteiger partial charge in [-0.2, -0.15) is 0 Å². The number of hydrogen-bond donors (Lipinski definition) is 0. The molecule has 0 bridgehead atoms. The van der Waals surface area contributed by atoms with Crippen molar-refractivity contribution in [1.82, 2.24) is 0 Å². The Kier molecular flexibility index (Phi) is 1.83. The highest BCUT2D eigenvalue weighted by Crippen LogP contribution is 2.33. The van der Waals surface area contributed by atoms with Gasteiger partial charge in [0.15, 0.2) is 11.3 Å². The fourth-order valence-electron chi connectivity index (χ4n) is 1.47. The van der Waals surface area contributed by atoms with Crippen molar-refractivity contribution in [2.24, 2.45) is 5.18 Å². The van der Waals surface area contributed by atoms with Gasteiger partial charge in [0, 0.05) is 0 Å². The Morgan fingerprint density at radius 3 is 2.10 bits per heavy atom. The normalized spacial score (nSPS) is 22.5. The number of nitrogens with zero attached hydrogens (tertiary/aromatic N) is 1. The molecule has 0 unspecified atom stereocenters. The molecule has 0 N–H and O–H groups in total. The first-order valence-corrected chi connectivity index (χ1v) is 3.57. The van der Waals surface area contributed by atoms with Gasteiger partial charge in [-0.15, -0.1) is 4.91 Å². The molecule has 0 atom stereocenters. The first-order chi connectivity index (χ1) is 4.71. The van der Waals surface area contributed by atoms with Crippen LogP contribution in [0.25, 0.3) is 0 Å². The van der Waals surface area contributed by atoms with E-state index in [0.717, 1.165) is 12.8 Å². The number of Topliss-reactive ketones (excluding diaryl/α,β-unsaturated/α-hetero) is 1. The Balaban J connectivity index is 2.76.